The zero-order chi connectivity index (χ0) is 18.5. The van der Waals surface area contributed by atoms with Crippen LogP contribution in [0.1, 0.15) is 75.8 Å². The first kappa shape index (κ1) is 20.5. The summed E-state index contributed by atoms with van der Waals surface area (Å²) in [5.41, 5.74) is 2.99. The van der Waals surface area contributed by atoms with Gasteiger partial charge in [0.2, 0.25) is 0 Å². The second-order valence-electron chi connectivity index (χ2n) is 7.82. The highest BCUT2D eigenvalue weighted by atomic mass is 14.2. The summed E-state index contributed by atoms with van der Waals surface area (Å²) in [4.78, 5) is 0. The summed E-state index contributed by atoms with van der Waals surface area (Å²) in [6, 6.07) is 11.4. The average Bonchev–Trinajstić information content (AvgIpc) is 2.69. The fraction of sp³-hybridized carbons (Fsp3) is 0.560. The maximum Gasteiger partial charge on any atom is 0.0912 e. The van der Waals surface area contributed by atoms with Crippen LogP contribution in [-0.2, 0) is 12.8 Å². The van der Waals surface area contributed by atoms with Crippen molar-refractivity contribution in [3.05, 3.63) is 59.7 Å². The van der Waals surface area contributed by atoms with E-state index in [4.69, 9.17) is 5.26 Å². The van der Waals surface area contributed by atoms with Crippen molar-refractivity contribution in [1.29, 1.82) is 5.26 Å². The Morgan fingerprint density at radius 3 is 2.19 bits per heavy atom. The Labute approximate surface area is 160 Å². The van der Waals surface area contributed by atoms with Gasteiger partial charge in [-0.1, -0.05) is 68.7 Å². The lowest BCUT2D eigenvalue weighted by atomic mass is 9.79. The van der Waals surface area contributed by atoms with Crippen molar-refractivity contribution in [2.75, 3.05) is 0 Å². The van der Waals surface area contributed by atoms with Gasteiger partial charge in [-0.15, -0.1) is 0 Å². The SMILES string of the molecule is CCCCc1ccc(CCCC[C@H]2CC[C@H](C=CC=CC#N)CC2)cc1. The molecule has 1 heteroatoms. The molecule has 2 rings (SSSR count). The number of allylic oxidation sites excluding steroid dienone is 4. The summed E-state index contributed by atoms with van der Waals surface area (Å²) in [5.74, 6) is 1.66. The Kier molecular flexibility index (Phi) is 9.88. The number of hydrogen-bond donors (Lipinski definition) is 0. The molecule has 0 spiro atoms. The largest absolute Gasteiger partial charge is 0.193 e. The summed E-state index contributed by atoms with van der Waals surface area (Å²) in [5, 5.41) is 8.49. The van der Waals surface area contributed by atoms with Gasteiger partial charge in [0.1, 0.15) is 0 Å². The van der Waals surface area contributed by atoms with E-state index in [-0.39, 0.29) is 0 Å². The molecule has 0 bridgehead atoms. The van der Waals surface area contributed by atoms with Crippen LogP contribution in [0.2, 0.25) is 0 Å². The molecular formula is C25H35N. The van der Waals surface area contributed by atoms with Gasteiger partial charge in [0.15, 0.2) is 0 Å². The van der Waals surface area contributed by atoms with Gasteiger partial charge >= 0.3 is 0 Å². The van der Waals surface area contributed by atoms with Gasteiger partial charge in [-0.3, -0.25) is 0 Å². The molecule has 0 N–H and O–H groups in total. The fourth-order valence-corrected chi connectivity index (χ4v) is 4.00. The third-order valence-electron chi connectivity index (χ3n) is 5.73. The van der Waals surface area contributed by atoms with Crippen molar-refractivity contribution in [3.63, 3.8) is 0 Å². The molecule has 1 aliphatic rings. The summed E-state index contributed by atoms with van der Waals surface area (Å²) < 4.78 is 0. The number of nitrogens with zero attached hydrogens (tertiary/aromatic N) is 1. The summed E-state index contributed by atoms with van der Waals surface area (Å²) in [6.07, 6.45) is 22.2. The van der Waals surface area contributed by atoms with Crippen molar-refractivity contribution >= 4 is 0 Å². The molecule has 1 aliphatic carbocycles. The second kappa shape index (κ2) is 12.5. The van der Waals surface area contributed by atoms with Crippen LogP contribution in [0.25, 0.3) is 0 Å². The van der Waals surface area contributed by atoms with Crippen LogP contribution in [-0.4, -0.2) is 0 Å². The molecular weight excluding hydrogens is 314 g/mol. The first-order valence-corrected chi connectivity index (χ1v) is 10.6. The van der Waals surface area contributed by atoms with Crippen molar-refractivity contribution in [2.45, 2.75) is 77.6 Å². The molecule has 0 saturated heterocycles. The smallest absolute Gasteiger partial charge is 0.0912 e. The van der Waals surface area contributed by atoms with E-state index in [0.29, 0.717) is 0 Å². The third-order valence-corrected chi connectivity index (χ3v) is 5.73. The van der Waals surface area contributed by atoms with Crippen LogP contribution >= 0.6 is 0 Å². The van der Waals surface area contributed by atoms with Gasteiger partial charge in [-0.2, -0.15) is 5.26 Å². The van der Waals surface area contributed by atoms with Gasteiger partial charge in [0, 0.05) is 6.08 Å². The van der Waals surface area contributed by atoms with Crippen molar-refractivity contribution < 1.29 is 0 Å². The highest BCUT2D eigenvalue weighted by molar-refractivity contribution is 5.22. The van der Waals surface area contributed by atoms with E-state index in [1.807, 2.05) is 18.2 Å². The fourth-order valence-electron chi connectivity index (χ4n) is 4.00. The molecule has 1 saturated carbocycles. The predicted molar refractivity (Wildman–Crippen MR) is 112 cm³/mol. The van der Waals surface area contributed by atoms with Gasteiger partial charge in [-0.05, 0) is 74.3 Å². The Balaban J connectivity index is 1.57. The molecule has 26 heavy (non-hydrogen) atoms. The van der Waals surface area contributed by atoms with Gasteiger partial charge in [0.05, 0.1) is 6.07 Å². The van der Waals surface area contributed by atoms with Gasteiger partial charge < -0.3 is 0 Å². The highest BCUT2D eigenvalue weighted by Crippen LogP contribution is 2.32. The Morgan fingerprint density at radius 2 is 1.58 bits per heavy atom. The monoisotopic (exact) mass is 349 g/mol. The Hall–Kier alpha value is -1.81. The molecule has 0 radical (unpaired) electrons. The lowest BCUT2D eigenvalue weighted by molar-refractivity contribution is 0.289. The molecule has 0 atom stereocenters. The standard InChI is InChI=1S/C25H35N/c1-2-3-9-22-13-15-24(16-14-22)11-6-7-12-25-19-17-23(18-20-25)10-5-4-8-21-26/h4-5,8,10,13-16,23,25H,2-3,6-7,9,11-12,17-20H2,1H3/t23-,25-. The van der Waals surface area contributed by atoms with Gasteiger partial charge in [0.25, 0.3) is 0 Å². The van der Waals surface area contributed by atoms with E-state index < -0.39 is 0 Å². The summed E-state index contributed by atoms with van der Waals surface area (Å²) in [6.45, 7) is 2.26. The zero-order valence-corrected chi connectivity index (χ0v) is 16.5. The van der Waals surface area contributed by atoms with Crippen molar-refractivity contribution in [1.82, 2.24) is 0 Å². The third kappa shape index (κ3) is 8.05. The Morgan fingerprint density at radius 1 is 0.923 bits per heavy atom. The molecule has 0 amide bonds. The van der Waals surface area contributed by atoms with E-state index >= 15 is 0 Å². The van der Waals surface area contributed by atoms with Crippen LogP contribution in [0.3, 0.4) is 0 Å². The van der Waals surface area contributed by atoms with E-state index in [1.165, 1.54) is 81.8 Å². The van der Waals surface area contributed by atoms with Crippen molar-refractivity contribution in [2.24, 2.45) is 11.8 Å². The van der Waals surface area contributed by atoms with E-state index in [0.717, 1.165) is 11.8 Å². The quantitative estimate of drug-likeness (QED) is 0.249. The highest BCUT2D eigenvalue weighted by Gasteiger charge is 2.18. The predicted octanol–water partition coefficient (Wildman–Crippen LogP) is 7.18. The van der Waals surface area contributed by atoms with Crippen LogP contribution in [0.5, 0.6) is 0 Å². The maximum atomic E-state index is 8.49. The number of nitriles is 1. The number of benzene rings is 1. The van der Waals surface area contributed by atoms with Crippen LogP contribution in [0.15, 0.2) is 48.6 Å². The minimum atomic E-state index is 0.723. The normalized spacial score (nSPS) is 20.6. The van der Waals surface area contributed by atoms with E-state index in [9.17, 15) is 0 Å². The molecule has 0 unspecified atom stereocenters. The van der Waals surface area contributed by atoms with Crippen LogP contribution in [0.4, 0.5) is 0 Å². The summed E-state index contributed by atoms with van der Waals surface area (Å²) >= 11 is 0. The molecule has 1 aromatic carbocycles. The molecule has 0 aromatic heterocycles. The summed E-state index contributed by atoms with van der Waals surface area (Å²) in [7, 11) is 0. The minimum absolute atomic E-state index is 0.723. The lowest BCUT2D eigenvalue weighted by Gasteiger charge is -2.26. The molecule has 0 heterocycles. The molecule has 140 valence electrons. The molecule has 1 fully saturated rings. The number of aryl methyl sites for hydroxylation is 2. The molecule has 0 aliphatic heterocycles. The minimum Gasteiger partial charge on any atom is -0.193 e. The second-order valence-corrected chi connectivity index (χ2v) is 7.82. The number of rotatable bonds is 10. The maximum absolute atomic E-state index is 8.49. The average molecular weight is 350 g/mol. The van der Waals surface area contributed by atoms with Crippen molar-refractivity contribution in [3.8, 4) is 6.07 Å². The van der Waals surface area contributed by atoms with Crippen LogP contribution in [0, 0.1) is 23.2 Å². The lowest BCUT2D eigenvalue weighted by Crippen LogP contribution is -2.13. The van der Waals surface area contributed by atoms with Gasteiger partial charge in [-0.25, -0.2) is 0 Å². The Bertz CT molecular complexity index is 580. The molecule has 1 aromatic rings. The zero-order valence-electron chi connectivity index (χ0n) is 16.5. The first-order valence-electron chi connectivity index (χ1n) is 10.6. The first-order chi connectivity index (χ1) is 12.8. The van der Waals surface area contributed by atoms with E-state index in [1.54, 1.807) is 6.08 Å². The number of hydrogen-bond acceptors (Lipinski definition) is 1. The molecule has 1 nitrogen and oxygen atoms in total. The van der Waals surface area contributed by atoms with E-state index in [2.05, 4.69) is 37.3 Å². The van der Waals surface area contributed by atoms with Crippen LogP contribution < -0.4 is 0 Å². The topological polar surface area (TPSA) is 23.8 Å². The number of unbranched alkanes of at least 4 members (excludes halogenated alkanes) is 2.